The van der Waals surface area contributed by atoms with Crippen LogP contribution in [0.4, 0.5) is 0 Å². The van der Waals surface area contributed by atoms with Crippen LogP contribution in [0.3, 0.4) is 0 Å². The van der Waals surface area contributed by atoms with Crippen molar-refractivity contribution in [3.63, 3.8) is 0 Å². The number of hydrogen-bond donors (Lipinski definition) is 2. The summed E-state index contributed by atoms with van der Waals surface area (Å²) in [5.41, 5.74) is 10.2. The third kappa shape index (κ3) is 3.27. The first kappa shape index (κ1) is 14.8. The van der Waals surface area contributed by atoms with Crippen LogP contribution < -0.4 is 5.73 Å². The van der Waals surface area contributed by atoms with Gasteiger partial charge >= 0.3 is 0 Å². The van der Waals surface area contributed by atoms with Gasteiger partial charge in [-0.15, -0.1) is 0 Å². The predicted octanol–water partition coefficient (Wildman–Crippen LogP) is 3.64. The van der Waals surface area contributed by atoms with Crippen LogP contribution in [-0.2, 0) is 5.41 Å². The first-order valence-electron chi connectivity index (χ1n) is 7.01. The summed E-state index contributed by atoms with van der Waals surface area (Å²) >= 11 is 0. The first-order valence-corrected chi connectivity index (χ1v) is 7.01. The van der Waals surface area contributed by atoms with E-state index in [0.29, 0.717) is 0 Å². The molecule has 0 aliphatic rings. The van der Waals surface area contributed by atoms with Crippen molar-refractivity contribution >= 4 is 0 Å². The molecule has 0 bridgehead atoms. The van der Waals surface area contributed by atoms with Crippen LogP contribution in [0, 0.1) is 0 Å². The maximum atomic E-state index is 9.69. The molecule has 0 saturated heterocycles. The highest BCUT2D eigenvalue weighted by molar-refractivity contribution is 5.64. The van der Waals surface area contributed by atoms with Gasteiger partial charge in [0.15, 0.2) is 0 Å². The van der Waals surface area contributed by atoms with Gasteiger partial charge in [0.05, 0.1) is 6.10 Å². The molecule has 20 heavy (non-hydrogen) atoms. The quantitative estimate of drug-likeness (QED) is 0.893. The first-order chi connectivity index (χ1) is 9.41. The van der Waals surface area contributed by atoms with Gasteiger partial charge in [-0.25, -0.2) is 0 Å². The Labute approximate surface area is 121 Å². The highest BCUT2D eigenvalue weighted by Crippen LogP contribution is 2.26. The van der Waals surface area contributed by atoms with E-state index in [9.17, 15) is 5.11 Å². The van der Waals surface area contributed by atoms with Gasteiger partial charge in [0.1, 0.15) is 0 Å². The lowest BCUT2D eigenvalue weighted by Gasteiger charge is -2.19. The number of hydrogen-bond acceptors (Lipinski definition) is 2. The summed E-state index contributed by atoms with van der Waals surface area (Å²) in [6, 6.07) is 16.6. The van der Waals surface area contributed by atoms with Crippen LogP contribution in [0.25, 0.3) is 11.1 Å². The second kappa shape index (κ2) is 5.78. The van der Waals surface area contributed by atoms with Crippen molar-refractivity contribution in [1.29, 1.82) is 0 Å². The Bertz CT molecular complexity index is 549. The van der Waals surface area contributed by atoms with Gasteiger partial charge < -0.3 is 10.8 Å². The zero-order valence-electron chi connectivity index (χ0n) is 12.4. The number of nitrogens with two attached hydrogens (primary N) is 1. The van der Waals surface area contributed by atoms with Gasteiger partial charge in [-0.2, -0.15) is 0 Å². The third-order valence-corrected chi connectivity index (χ3v) is 3.60. The van der Waals surface area contributed by atoms with Crippen LogP contribution >= 0.6 is 0 Å². The van der Waals surface area contributed by atoms with E-state index >= 15 is 0 Å². The average Bonchev–Trinajstić information content (AvgIpc) is 2.46. The van der Waals surface area contributed by atoms with Crippen molar-refractivity contribution < 1.29 is 5.11 Å². The summed E-state index contributed by atoms with van der Waals surface area (Å²) in [5, 5.41) is 9.69. The van der Waals surface area contributed by atoms with Gasteiger partial charge in [-0.1, -0.05) is 69.3 Å². The standard InChI is InChI=1S/C18H23NO/c1-18(2,3)16-10-8-14(9-11-16)13-4-6-15(7-5-13)17(20)12-19/h4-11,17,20H,12,19H2,1-3H3. The smallest absolute Gasteiger partial charge is 0.0912 e. The minimum absolute atomic E-state index is 0.174. The van der Waals surface area contributed by atoms with Gasteiger partial charge in [0.2, 0.25) is 0 Å². The van der Waals surface area contributed by atoms with Gasteiger partial charge in [0.25, 0.3) is 0 Å². The topological polar surface area (TPSA) is 46.2 Å². The fourth-order valence-corrected chi connectivity index (χ4v) is 2.20. The molecular weight excluding hydrogens is 246 g/mol. The van der Waals surface area contributed by atoms with Crippen LogP contribution in [-0.4, -0.2) is 11.7 Å². The zero-order valence-corrected chi connectivity index (χ0v) is 12.4. The van der Waals surface area contributed by atoms with Crippen LogP contribution in [0.15, 0.2) is 48.5 Å². The average molecular weight is 269 g/mol. The van der Waals surface area contributed by atoms with E-state index in [1.165, 1.54) is 11.1 Å². The van der Waals surface area contributed by atoms with Gasteiger partial charge in [-0.05, 0) is 27.7 Å². The van der Waals surface area contributed by atoms with Crippen LogP contribution in [0.1, 0.15) is 38.0 Å². The van der Waals surface area contributed by atoms with E-state index in [4.69, 9.17) is 5.73 Å². The van der Waals surface area contributed by atoms with Crippen molar-refractivity contribution in [2.45, 2.75) is 32.3 Å². The summed E-state index contributed by atoms with van der Waals surface area (Å²) in [7, 11) is 0. The number of aliphatic hydroxyl groups is 1. The van der Waals surface area contributed by atoms with Crippen LogP contribution in [0.5, 0.6) is 0 Å². The molecule has 2 heteroatoms. The molecule has 2 rings (SSSR count). The van der Waals surface area contributed by atoms with E-state index in [0.717, 1.165) is 11.1 Å². The predicted molar refractivity (Wildman–Crippen MR) is 84.6 cm³/mol. The number of rotatable bonds is 3. The Morgan fingerprint density at radius 2 is 1.35 bits per heavy atom. The normalized spacial score (nSPS) is 13.2. The van der Waals surface area contributed by atoms with Gasteiger partial charge in [0, 0.05) is 6.54 Å². The molecule has 2 aromatic rings. The lowest BCUT2D eigenvalue weighted by atomic mass is 9.86. The molecule has 0 heterocycles. The van der Waals surface area contributed by atoms with E-state index in [1.807, 2.05) is 24.3 Å². The minimum Gasteiger partial charge on any atom is -0.387 e. The van der Waals surface area contributed by atoms with Crippen LogP contribution in [0.2, 0.25) is 0 Å². The molecule has 2 nitrogen and oxygen atoms in total. The molecule has 3 N–H and O–H groups in total. The number of aliphatic hydroxyl groups excluding tert-OH is 1. The molecule has 1 atom stereocenters. The SMILES string of the molecule is CC(C)(C)c1ccc(-c2ccc(C(O)CN)cc2)cc1. The van der Waals surface area contributed by atoms with Crippen molar-refractivity contribution in [2.24, 2.45) is 5.73 Å². The van der Waals surface area contributed by atoms with E-state index in [-0.39, 0.29) is 12.0 Å². The molecular formula is C18H23NO. The minimum atomic E-state index is -0.577. The van der Waals surface area contributed by atoms with Crippen molar-refractivity contribution in [3.05, 3.63) is 59.7 Å². The zero-order chi connectivity index (χ0) is 14.8. The molecule has 0 fully saturated rings. The summed E-state index contributed by atoms with van der Waals surface area (Å²) in [6.45, 7) is 6.89. The second-order valence-electron chi connectivity index (χ2n) is 6.20. The van der Waals surface area contributed by atoms with E-state index in [1.54, 1.807) is 0 Å². The summed E-state index contributed by atoms with van der Waals surface area (Å²) in [5.74, 6) is 0. The molecule has 0 radical (unpaired) electrons. The largest absolute Gasteiger partial charge is 0.387 e. The number of benzene rings is 2. The molecule has 0 amide bonds. The maximum absolute atomic E-state index is 9.69. The van der Waals surface area contributed by atoms with Crippen molar-refractivity contribution in [1.82, 2.24) is 0 Å². The summed E-state index contributed by atoms with van der Waals surface area (Å²) in [4.78, 5) is 0. The molecule has 0 aliphatic carbocycles. The van der Waals surface area contributed by atoms with Gasteiger partial charge in [-0.3, -0.25) is 0 Å². The van der Waals surface area contributed by atoms with E-state index < -0.39 is 6.10 Å². The molecule has 0 saturated carbocycles. The fourth-order valence-electron chi connectivity index (χ4n) is 2.20. The lowest BCUT2D eigenvalue weighted by molar-refractivity contribution is 0.187. The van der Waals surface area contributed by atoms with Crippen molar-refractivity contribution in [3.8, 4) is 11.1 Å². The Hall–Kier alpha value is -1.64. The maximum Gasteiger partial charge on any atom is 0.0912 e. The molecule has 0 aliphatic heterocycles. The monoisotopic (exact) mass is 269 g/mol. The Balaban J connectivity index is 2.24. The van der Waals surface area contributed by atoms with Crippen molar-refractivity contribution in [2.75, 3.05) is 6.54 Å². The molecule has 0 aromatic heterocycles. The summed E-state index contributed by atoms with van der Waals surface area (Å²) in [6.07, 6.45) is -0.577. The fraction of sp³-hybridized carbons (Fsp3) is 0.333. The Kier molecular flexibility index (Phi) is 4.26. The summed E-state index contributed by atoms with van der Waals surface area (Å²) < 4.78 is 0. The molecule has 106 valence electrons. The Morgan fingerprint density at radius 3 is 1.75 bits per heavy atom. The molecule has 1 unspecified atom stereocenters. The third-order valence-electron chi connectivity index (χ3n) is 3.60. The van der Waals surface area contributed by atoms with E-state index in [2.05, 4.69) is 45.0 Å². The lowest BCUT2D eigenvalue weighted by Crippen LogP contribution is -2.11. The molecule has 2 aromatic carbocycles. The Morgan fingerprint density at radius 1 is 0.900 bits per heavy atom. The second-order valence-corrected chi connectivity index (χ2v) is 6.20. The molecule has 0 spiro atoms. The highest BCUT2D eigenvalue weighted by atomic mass is 16.3. The highest BCUT2D eigenvalue weighted by Gasteiger charge is 2.13.